The maximum Gasteiger partial charge on any atom is 0.317 e. The van der Waals surface area contributed by atoms with Crippen LogP contribution in [0.4, 0.5) is 4.79 Å². The minimum Gasteiger partial charge on any atom is -0.338 e. The zero-order valence-corrected chi connectivity index (χ0v) is 12.7. The predicted octanol–water partition coefficient (Wildman–Crippen LogP) is 0.658. The highest BCUT2D eigenvalue weighted by Gasteiger charge is 2.32. The van der Waals surface area contributed by atoms with Crippen molar-refractivity contribution in [1.82, 2.24) is 20.1 Å². The van der Waals surface area contributed by atoms with E-state index >= 15 is 0 Å². The number of hydrogen-bond acceptors (Lipinski definition) is 3. The predicted molar refractivity (Wildman–Crippen MR) is 81.1 cm³/mol. The lowest BCUT2D eigenvalue weighted by molar-refractivity contribution is 0.0665. The van der Waals surface area contributed by atoms with Gasteiger partial charge < -0.3 is 20.1 Å². The summed E-state index contributed by atoms with van der Waals surface area (Å²) in [6.07, 6.45) is 2.91. The lowest BCUT2D eigenvalue weighted by Gasteiger charge is -2.36. The van der Waals surface area contributed by atoms with E-state index < -0.39 is 5.56 Å². The molecule has 0 atom stereocenters. The fourth-order valence-corrected chi connectivity index (χ4v) is 3.15. The molecule has 2 aliphatic heterocycles. The number of H-pyrrole nitrogens is 1. The Hall–Kier alpha value is -2.02. The number of hydrogen-bond donors (Lipinski definition) is 2. The SMILES string of the molecule is O=C(c1c[nH]c(=O)c(Cl)c1)N1CCC(N2CCNC2=O)CC1. The van der Waals surface area contributed by atoms with Crippen LogP contribution < -0.4 is 10.9 Å². The first-order valence-corrected chi connectivity index (χ1v) is 7.66. The van der Waals surface area contributed by atoms with Gasteiger partial charge in [0.25, 0.3) is 11.5 Å². The molecule has 8 heteroatoms. The van der Waals surface area contributed by atoms with Gasteiger partial charge in [-0.3, -0.25) is 9.59 Å². The van der Waals surface area contributed by atoms with Crippen LogP contribution >= 0.6 is 11.6 Å². The number of amides is 3. The van der Waals surface area contributed by atoms with Gasteiger partial charge in [-0.15, -0.1) is 0 Å². The van der Waals surface area contributed by atoms with Crippen molar-refractivity contribution in [1.29, 1.82) is 0 Å². The molecule has 0 unspecified atom stereocenters. The summed E-state index contributed by atoms with van der Waals surface area (Å²) < 4.78 is 0. The van der Waals surface area contributed by atoms with E-state index in [9.17, 15) is 14.4 Å². The Kier molecular flexibility index (Phi) is 4.06. The molecular weight excluding hydrogens is 308 g/mol. The lowest BCUT2D eigenvalue weighted by atomic mass is 10.0. The number of rotatable bonds is 2. The molecule has 3 amide bonds. The van der Waals surface area contributed by atoms with Gasteiger partial charge in [-0.25, -0.2) is 4.79 Å². The van der Waals surface area contributed by atoms with Crippen molar-refractivity contribution in [2.45, 2.75) is 18.9 Å². The number of halogens is 1. The second kappa shape index (κ2) is 6.00. The third-order valence-electron chi connectivity index (χ3n) is 4.19. The largest absolute Gasteiger partial charge is 0.338 e. The molecule has 0 spiro atoms. The van der Waals surface area contributed by atoms with Crippen LogP contribution in [-0.2, 0) is 0 Å². The standard InChI is InChI=1S/C14H17ClN4O3/c15-11-7-9(8-17-12(11)20)13(21)18-4-1-10(2-5-18)19-6-3-16-14(19)22/h7-8,10H,1-6H2,(H,16,22)(H,17,20). The number of aromatic amines is 1. The van der Waals surface area contributed by atoms with Gasteiger partial charge in [-0.2, -0.15) is 0 Å². The van der Waals surface area contributed by atoms with Crippen molar-refractivity contribution in [3.63, 3.8) is 0 Å². The van der Waals surface area contributed by atoms with E-state index in [-0.39, 0.29) is 23.0 Å². The highest BCUT2D eigenvalue weighted by Crippen LogP contribution is 2.20. The summed E-state index contributed by atoms with van der Waals surface area (Å²) in [4.78, 5) is 41.3. The zero-order chi connectivity index (χ0) is 15.7. The average molecular weight is 325 g/mol. The van der Waals surface area contributed by atoms with E-state index in [0.29, 0.717) is 25.2 Å². The van der Waals surface area contributed by atoms with Gasteiger partial charge in [-0.1, -0.05) is 11.6 Å². The van der Waals surface area contributed by atoms with Crippen molar-refractivity contribution >= 4 is 23.5 Å². The van der Waals surface area contributed by atoms with Crippen LogP contribution in [0.15, 0.2) is 17.1 Å². The minimum absolute atomic E-state index is 0.00877. The molecule has 7 nitrogen and oxygen atoms in total. The molecular formula is C14H17ClN4O3. The van der Waals surface area contributed by atoms with E-state index in [0.717, 1.165) is 19.4 Å². The second-order valence-electron chi connectivity index (χ2n) is 5.51. The summed E-state index contributed by atoms with van der Waals surface area (Å²) in [5.74, 6) is -0.150. The van der Waals surface area contributed by atoms with Crippen LogP contribution in [0, 0.1) is 0 Å². The number of nitrogens with zero attached hydrogens (tertiary/aromatic N) is 2. The topological polar surface area (TPSA) is 85.5 Å². The Bertz CT molecular complexity index is 652. The summed E-state index contributed by atoms with van der Waals surface area (Å²) >= 11 is 5.76. The molecule has 0 aromatic carbocycles. The number of nitrogens with one attached hydrogen (secondary N) is 2. The molecule has 1 aromatic rings. The molecule has 0 bridgehead atoms. The Morgan fingerprint density at radius 2 is 1.95 bits per heavy atom. The molecule has 2 aliphatic rings. The van der Waals surface area contributed by atoms with Crippen LogP contribution in [0.2, 0.25) is 5.02 Å². The van der Waals surface area contributed by atoms with E-state index in [1.165, 1.54) is 12.3 Å². The normalized spacial score (nSPS) is 19.4. The van der Waals surface area contributed by atoms with Gasteiger partial charge in [0.05, 0.1) is 5.56 Å². The highest BCUT2D eigenvalue weighted by molar-refractivity contribution is 6.30. The van der Waals surface area contributed by atoms with Crippen molar-refractivity contribution < 1.29 is 9.59 Å². The van der Waals surface area contributed by atoms with Crippen LogP contribution in [0.25, 0.3) is 0 Å². The Morgan fingerprint density at radius 1 is 1.23 bits per heavy atom. The summed E-state index contributed by atoms with van der Waals surface area (Å²) in [6, 6.07) is 1.56. The van der Waals surface area contributed by atoms with Crippen LogP contribution in [0.1, 0.15) is 23.2 Å². The Morgan fingerprint density at radius 3 is 2.55 bits per heavy atom. The Balaban J connectivity index is 1.63. The molecule has 118 valence electrons. The highest BCUT2D eigenvalue weighted by atomic mass is 35.5. The number of piperidine rings is 1. The number of carbonyl (C=O) groups excluding carboxylic acids is 2. The molecule has 3 heterocycles. The van der Waals surface area contributed by atoms with Gasteiger partial charge in [0.2, 0.25) is 0 Å². The summed E-state index contributed by atoms with van der Waals surface area (Å²) in [6.45, 7) is 2.59. The fraction of sp³-hybridized carbons (Fsp3) is 0.500. The number of urea groups is 1. The summed E-state index contributed by atoms with van der Waals surface area (Å²) in [5, 5.41) is 2.81. The van der Waals surface area contributed by atoms with Gasteiger partial charge in [0, 0.05) is 38.4 Å². The molecule has 1 aromatic heterocycles. The first-order valence-electron chi connectivity index (χ1n) is 7.28. The van der Waals surface area contributed by atoms with E-state index in [1.54, 1.807) is 4.90 Å². The first kappa shape index (κ1) is 14.9. The molecule has 2 saturated heterocycles. The maximum atomic E-state index is 12.4. The van der Waals surface area contributed by atoms with Gasteiger partial charge in [-0.05, 0) is 18.9 Å². The van der Waals surface area contributed by atoms with Crippen LogP contribution in [0.5, 0.6) is 0 Å². The molecule has 3 rings (SSSR count). The smallest absolute Gasteiger partial charge is 0.317 e. The van der Waals surface area contributed by atoms with E-state index in [4.69, 9.17) is 11.6 Å². The van der Waals surface area contributed by atoms with E-state index in [2.05, 4.69) is 10.3 Å². The molecule has 0 radical (unpaired) electrons. The molecule has 0 aliphatic carbocycles. The van der Waals surface area contributed by atoms with Crippen LogP contribution in [-0.4, -0.2) is 58.9 Å². The van der Waals surface area contributed by atoms with E-state index in [1.807, 2.05) is 4.90 Å². The number of pyridine rings is 1. The molecule has 0 saturated carbocycles. The second-order valence-corrected chi connectivity index (χ2v) is 5.92. The molecule has 22 heavy (non-hydrogen) atoms. The van der Waals surface area contributed by atoms with Gasteiger partial charge in [0.1, 0.15) is 5.02 Å². The monoisotopic (exact) mass is 324 g/mol. The van der Waals surface area contributed by atoms with Gasteiger partial charge in [0.15, 0.2) is 0 Å². The van der Waals surface area contributed by atoms with Crippen molar-refractivity contribution in [3.05, 3.63) is 33.2 Å². The zero-order valence-electron chi connectivity index (χ0n) is 12.0. The van der Waals surface area contributed by atoms with Crippen LogP contribution in [0.3, 0.4) is 0 Å². The number of carbonyl (C=O) groups is 2. The first-order chi connectivity index (χ1) is 10.6. The number of likely N-dealkylation sites (tertiary alicyclic amines) is 1. The van der Waals surface area contributed by atoms with Crippen molar-refractivity contribution in [2.24, 2.45) is 0 Å². The Labute approximate surface area is 132 Å². The molecule has 2 N–H and O–H groups in total. The van der Waals surface area contributed by atoms with Gasteiger partial charge >= 0.3 is 6.03 Å². The minimum atomic E-state index is -0.406. The third kappa shape index (κ3) is 2.81. The lowest BCUT2D eigenvalue weighted by Crippen LogP contribution is -2.47. The molecule has 2 fully saturated rings. The maximum absolute atomic E-state index is 12.4. The fourth-order valence-electron chi connectivity index (χ4n) is 2.98. The van der Waals surface area contributed by atoms with Crippen molar-refractivity contribution in [2.75, 3.05) is 26.2 Å². The average Bonchev–Trinajstić information content (AvgIpc) is 2.95. The summed E-state index contributed by atoms with van der Waals surface area (Å²) in [5.41, 5.74) is -0.0288. The quantitative estimate of drug-likeness (QED) is 0.838. The third-order valence-corrected chi connectivity index (χ3v) is 4.47. The number of aromatic nitrogens is 1. The summed E-state index contributed by atoms with van der Waals surface area (Å²) in [7, 11) is 0. The van der Waals surface area contributed by atoms with Crippen molar-refractivity contribution in [3.8, 4) is 0 Å².